The fourth-order valence-electron chi connectivity index (χ4n) is 3.86. The summed E-state index contributed by atoms with van der Waals surface area (Å²) in [5, 5.41) is 7.94. The minimum absolute atomic E-state index is 0.0422. The monoisotopic (exact) mass is 524 g/mol. The Labute approximate surface area is 217 Å². The lowest BCUT2D eigenvalue weighted by Gasteiger charge is -2.26. The number of rotatable bonds is 15. The fraction of sp³-hybridized carbons (Fsp3) is 0.667. The molecule has 4 atom stereocenters. The molecule has 37 heavy (non-hydrogen) atoms. The van der Waals surface area contributed by atoms with Gasteiger partial charge in [0.2, 0.25) is 29.5 Å². The van der Waals surface area contributed by atoms with E-state index >= 15 is 0 Å². The number of likely N-dealkylation sites (tertiary alicyclic amines) is 1. The van der Waals surface area contributed by atoms with E-state index in [0.717, 1.165) is 6.08 Å². The maximum absolute atomic E-state index is 13.0. The number of esters is 1. The van der Waals surface area contributed by atoms with Crippen LogP contribution in [0.15, 0.2) is 12.2 Å². The Kier molecular flexibility index (Phi) is 13.9. The van der Waals surface area contributed by atoms with Crippen LogP contribution in [0.5, 0.6) is 0 Å². The first-order valence-corrected chi connectivity index (χ1v) is 12.5. The Balaban J connectivity index is 2.85. The van der Waals surface area contributed by atoms with Gasteiger partial charge in [-0.25, -0.2) is 4.79 Å². The molecule has 0 unspecified atom stereocenters. The number of nitrogens with one attached hydrogen (secondary N) is 3. The van der Waals surface area contributed by atoms with Crippen molar-refractivity contribution in [1.29, 1.82) is 0 Å². The Morgan fingerprint density at radius 3 is 2.38 bits per heavy atom. The van der Waals surface area contributed by atoms with Gasteiger partial charge >= 0.3 is 5.97 Å². The van der Waals surface area contributed by atoms with Crippen LogP contribution in [0.2, 0.25) is 0 Å². The molecule has 1 fully saturated rings. The summed E-state index contributed by atoms with van der Waals surface area (Å²) >= 11 is 0. The van der Waals surface area contributed by atoms with Crippen LogP contribution in [-0.4, -0.2) is 84.3 Å². The fourth-order valence-corrected chi connectivity index (χ4v) is 3.86. The van der Waals surface area contributed by atoms with Gasteiger partial charge in [0.05, 0.1) is 6.61 Å². The first-order chi connectivity index (χ1) is 17.5. The number of carbonyl (C=O) groups excluding carboxylic acids is 6. The molecule has 0 saturated carbocycles. The molecule has 1 aliphatic heterocycles. The van der Waals surface area contributed by atoms with E-state index in [2.05, 4.69) is 16.0 Å². The van der Waals surface area contributed by atoms with Crippen molar-refractivity contribution in [2.45, 2.75) is 83.5 Å². The summed E-state index contributed by atoms with van der Waals surface area (Å²) in [6, 6.07) is -3.31. The second-order valence-corrected chi connectivity index (χ2v) is 8.82. The van der Waals surface area contributed by atoms with Crippen molar-refractivity contribution in [3.63, 3.8) is 0 Å². The first kappa shape index (κ1) is 31.5. The summed E-state index contributed by atoms with van der Waals surface area (Å²) in [6.45, 7) is 5.46. The highest BCUT2D eigenvalue weighted by Crippen LogP contribution is 2.17. The quantitative estimate of drug-likeness (QED) is 0.127. The van der Waals surface area contributed by atoms with Gasteiger partial charge in [-0.15, -0.1) is 0 Å². The summed E-state index contributed by atoms with van der Waals surface area (Å²) in [4.78, 5) is 74.6. The van der Waals surface area contributed by atoms with Gasteiger partial charge in [-0.1, -0.05) is 6.08 Å². The highest BCUT2D eigenvalue weighted by molar-refractivity contribution is 5.94. The predicted octanol–water partition coefficient (Wildman–Crippen LogP) is -1.40. The summed E-state index contributed by atoms with van der Waals surface area (Å²) in [5.41, 5.74) is 10.8. The number of hydrogen-bond donors (Lipinski definition) is 5. The Morgan fingerprint density at radius 2 is 1.78 bits per heavy atom. The summed E-state index contributed by atoms with van der Waals surface area (Å²) in [5.74, 6) is -2.98. The topological polar surface area (TPSA) is 203 Å². The largest absolute Gasteiger partial charge is 0.463 e. The zero-order valence-corrected chi connectivity index (χ0v) is 21.8. The van der Waals surface area contributed by atoms with Crippen LogP contribution in [0.1, 0.15) is 59.3 Å². The van der Waals surface area contributed by atoms with Crippen LogP contribution in [-0.2, 0) is 33.5 Å². The highest BCUT2D eigenvalue weighted by atomic mass is 16.5. The Hall–Kier alpha value is -3.48. The molecular formula is C24H40N6O7. The second-order valence-electron chi connectivity index (χ2n) is 8.82. The lowest BCUT2D eigenvalue weighted by molar-refractivity contribution is -0.138. The van der Waals surface area contributed by atoms with E-state index < -0.39 is 53.8 Å². The van der Waals surface area contributed by atoms with Crippen molar-refractivity contribution >= 4 is 35.5 Å². The van der Waals surface area contributed by atoms with E-state index in [-0.39, 0.29) is 38.3 Å². The molecule has 0 aromatic carbocycles. The van der Waals surface area contributed by atoms with Crippen molar-refractivity contribution in [2.75, 3.05) is 19.7 Å². The number of ether oxygens (including phenoxy) is 1. The van der Waals surface area contributed by atoms with E-state index in [9.17, 15) is 28.8 Å². The number of hydrogen-bond acceptors (Lipinski definition) is 8. The third kappa shape index (κ3) is 11.4. The maximum Gasteiger partial charge on any atom is 0.330 e. The van der Waals surface area contributed by atoms with E-state index in [4.69, 9.17) is 16.2 Å². The van der Waals surface area contributed by atoms with Crippen LogP contribution in [0.4, 0.5) is 0 Å². The Morgan fingerprint density at radius 1 is 1.08 bits per heavy atom. The number of carbonyl (C=O) groups is 6. The molecule has 7 N–H and O–H groups in total. The molecule has 0 aromatic heterocycles. The van der Waals surface area contributed by atoms with Gasteiger partial charge < -0.3 is 37.1 Å². The predicted molar refractivity (Wildman–Crippen MR) is 134 cm³/mol. The molecule has 13 heteroatoms. The standard InChI is InChI=1S/C24H40N6O7/c1-4-37-21(33)12-10-17(9-11-20(26)32)28-23(35)18(7-5-13-25)29-22(34)15(2)27-24(36)19-8-6-14-30(19)16(3)31/h10,12,15,17-19H,4-9,11,13-14,25H2,1-3H3,(H2,26,32)(H,27,36)(H,28,35)(H,29,34)/b12-10+/t15-,17-,18-,19-/m0/s1. The van der Waals surface area contributed by atoms with Gasteiger partial charge in [-0.2, -0.15) is 0 Å². The molecule has 1 saturated heterocycles. The van der Waals surface area contributed by atoms with Gasteiger partial charge in [0.15, 0.2) is 0 Å². The maximum atomic E-state index is 13.0. The van der Waals surface area contributed by atoms with E-state index in [1.807, 2.05) is 0 Å². The number of nitrogens with zero attached hydrogens (tertiary/aromatic N) is 1. The minimum Gasteiger partial charge on any atom is -0.463 e. The van der Waals surface area contributed by atoms with Gasteiger partial charge in [0.1, 0.15) is 18.1 Å². The Bertz CT molecular complexity index is 863. The van der Waals surface area contributed by atoms with Crippen molar-refractivity contribution in [3.05, 3.63) is 12.2 Å². The molecule has 208 valence electrons. The lowest BCUT2D eigenvalue weighted by Crippen LogP contribution is -2.56. The van der Waals surface area contributed by atoms with Crippen LogP contribution in [0, 0.1) is 0 Å². The molecule has 0 spiro atoms. The summed E-state index contributed by atoms with van der Waals surface area (Å²) in [6.07, 6.45) is 4.49. The average molecular weight is 525 g/mol. The zero-order valence-electron chi connectivity index (χ0n) is 21.8. The van der Waals surface area contributed by atoms with Gasteiger partial charge in [-0.3, -0.25) is 24.0 Å². The number of amides is 5. The third-order valence-electron chi connectivity index (χ3n) is 5.82. The average Bonchev–Trinajstić information content (AvgIpc) is 3.33. The van der Waals surface area contributed by atoms with Gasteiger partial charge in [-0.05, 0) is 52.5 Å². The molecule has 13 nitrogen and oxygen atoms in total. The van der Waals surface area contributed by atoms with Crippen LogP contribution in [0.3, 0.4) is 0 Å². The van der Waals surface area contributed by atoms with Crippen molar-refractivity contribution < 1.29 is 33.5 Å². The molecule has 0 aliphatic carbocycles. The van der Waals surface area contributed by atoms with E-state index in [1.165, 1.54) is 24.8 Å². The molecular weight excluding hydrogens is 484 g/mol. The second kappa shape index (κ2) is 16.3. The molecule has 1 heterocycles. The van der Waals surface area contributed by atoms with Crippen molar-refractivity contribution in [2.24, 2.45) is 11.5 Å². The SMILES string of the molecule is CCOC(=O)/C=C/[C@H](CCC(N)=O)NC(=O)[C@H](CCCN)NC(=O)[C@H](C)NC(=O)[C@@H]1CCCN1C(C)=O. The molecule has 0 bridgehead atoms. The smallest absolute Gasteiger partial charge is 0.330 e. The summed E-state index contributed by atoms with van der Waals surface area (Å²) in [7, 11) is 0. The number of primary amides is 1. The van der Waals surface area contributed by atoms with Crippen LogP contribution < -0.4 is 27.4 Å². The van der Waals surface area contributed by atoms with Gasteiger partial charge in [0, 0.05) is 32.0 Å². The van der Waals surface area contributed by atoms with E-state index in [1.54, 1.807) is 6.92 Å². The first-order valence-electron chi connectivity index (χ1n) is 12.5. The molecule has 5 amide bonds. The molecule has 0 radical (unpaired) electrons. The lowest BCUT2D eigenvalue weighted by atomic mass is 10.1. The van der Waals surface area contributed by atoms with Crippen molar-refractivity contribution in [3.8, 4) is 0 Å². The minimum atomic E-state index is -0.984. The molecule has 1 aliphatic rings. The highest BCUT2D eigenvalue weighted by Gasteiger charge is 2.34. The van der Waals surface area contributed by atoms with Gasteiger partial charge in [0.25, 0.3) is 0 Å². The molecule has 0 aromatic rings. The normalized spacial score (nSPS) is 17.5. The van der Waals surface area contributed by atoms with Crippen molar-refractivity contribution in [1.82, 2.24) is 20.9 Å². The summed E-state index contributed by atoms with van der Waals surface area (Å²) < 4.78 is 4.83. The molecule has 1 rings (SSSR count). The zero-order chi connectivity index (χ0) is 28.0. The van der Waals surface area contributed by atoms with Crippen LogP contribution in [0.25, 0.3) is 0 Å². The van der Waals surface area contributed by atoms with E-state index in [0.29, 0.717) is 25.8 Å². The van der Waals surface area contributed by atoms with Crippen LogP contribution >= 0.6 is 0 Å². The number of nitrogens with two attached hydrogens (primary N) is 2. The third-order valence-corrected chi connectivity index (χ3v) is 5.82.